The zero-order valence-electron chi connectivity index (χ0n) is 14.9. The van der Waals surface area contributed by atoms with Crippen LogP contribution in [-0.2, 0) is 24.2 Å². The Bertz CT molecular complexity index is 770. The molecule has 1 aliphatic carbocycles. The number of likely N-dealkylation sites (N-methyl/N-ethyl adjacent to an activating group) is 1. The Hall–Kier alpha value is -2.13. The third-order valence-electron chi connectivity index (χ3n) is 5.77. The number of benzene rings is 2. The van der Waals surface area contributed by atoms with E-state index in [4.69, 9.17) is 0 Å². The molecule has 0 spiro atoms. The summed E-state index contributed by atoms with van der Waals surface area (Å²) in [5.74, 6) is 0.237. The summed E-state index contributed by atoms with van der Waals surface area (Å²) in [6.07, 6.45) is 4.41. The van der Waals surface area contributed by atoms with Gasteiger partial charge in [0.2, 0.25) is 5.91 Å². The van der Waals surface area contributed by atoms with Gasteiger partial charge in [0, 0.05) is 20.1 Å². The summed E-state index contributed by atoms with van der Waals surface area (Å²) in [6, 6.07) is 17.4. The van der Waals surface area contributed by atoms with E-state index in [1.54, 1.807) is 0 Å². The Morgan fingerprint density at radius 2 is 1.76 bits per heavy atom. The molecule has 2 aromatic carbocycles. The highest BCUT2D eigenvalue weighted by Gasteiger charge is 2.28. The van der Waals surface area contributed by atoms with Crippen molar-refractivity contribution in [3.8, 4) is 0 Å². The van der Waals surface area contributed by atoms with Crippen molar-refractivity contribution in [2.45, 2.75) is 38.3 Å². The van der Waals surface area contributed by atoms with Crippen LogP contribution in [0.4, 0.5) is 0 Å². The number of carbonyl (C=O) groups excluding carboxylic acids is 1. The monoisotopic (exact) mass is 334 g/mol. The van der Waals surface area contributed by atoms with Crippen molar-refractivity contribution in [1.82, 2.24) is 9.80 Å². The number of nitrogens with zero attached hydrogens (tertiary/aromatic N) is 2. The van der Waals surface area contributed by atoms with E-state index in [0.29, 0.717) is 6.54 Å². The molecule has 1 atom stereocenters. The van der Waals surface area contributed by atoms with Crippen molar-refractivity contribution >= 4 is 5.91 Å². The number of amides is 1. The average Bonchev–Trinajstić information content (AvgIpc) is 2.67. The summed E-state index contributed by atoms with van der Waals surface area (Å²) in [5, 5.41) is 0. The number of fused-ring (bicyclic) bond motifs is 2. The third-order valence-corrected chi connectivity index (χ3v) is 5.77. The van der Waals surface area contributed by atoms with Crippen LogP contribution in [0.15, 0.2) is 48.5 Å². The van der Waals surface area contributed by atoms with Gasteiger partial charge in [-0.25, -0.2) is 0 Å². The van der Waals surface area contributed by atoms with Gasteiger partial charge in [-0.05, 0) is 47.9 Å². The fourth-order valence-corrected chi connectivity index (χ4v) is 4.30. The van der Waals surface area contributed by atoms with Crippen LogP contribution >= 0.6 is 0 Å². The van der Waals surface area contributed by atoms with Crippen LogP contribution in [0.2, 0.25) is 0 Å². The molecule has 25 heavy (non-hydrogen) atoms. The summed E-state index contributed by atoms with van der Waals surface area (Å²) in [4.78, 5) is 17.2. The van der Waals surface area contributed by atoms with Gasteiger partial charge in [0.1, 0.15) is 0 Å². The van der Waals surface area contributed by atoms with Crippen LogP contribution in [0.25, 0.3) is 0 Å². The fraction of sp³-hybridized carbons (Fsp3) is 0.409. The van der Waals surface area contributed by atoms with E-state index < -0.39 is 0 Å². The molecule has 0 radical (unpaired) electrons. The van der Waals surface area contributed by atoms with Crippen molar-refractivity contribution in [2.75, 3.05) is 20.1 Å². The lowest BCUT2D eigenvalue weighted by molar-refractivity contribution is -0.133. The predicted octanol–water partition coefficient (Wildman–Crippen LogP) is 3.58. The zero-order chi connectivity index (χ0) is 17.2. The van der Waals surface area contributed by atoms with E-state index in [1.807, 2.05) is 11.9 Å². The van der Waals surface area contributed by atoms with Crippen LogP contribution in [-0.4, -0.2) is 35.8 Å². The standard InChI is InChI=1S/C22H26N2O/c1-23(21-12-6-10-18-8-4-5-11-20(18)21)22(25)16-24-14-13-17-7-2-3-9-19(17)15-24/h2-5,7-9,11,21H,6,10,12-16H2,1H3/t21-/m0/s1. The van der Waals surface area contributed by atoms with Crippen LogP contribution in [0.5, 0.6) is 0 Å². The number of hydrogen-bond acceptors (Lipinski definition) is 2. The third kappa shape index (κ3) is 3.34. The molecule has 1 aliphatic heterocycles. The molecule has 2 aliphatic rings. The Balaban J connectivity index is 1.44. The molecule has 3 nitrogen and oxygen atoms in total. The molecule has 130 valence electrons. The largest absolute Gasteiger partial charge is 0.338 e. The number of hydrogen-bond donors (Lipinski definition) is 0. The molecule has 0 saturated carbocycles. The van der Waals surface area contributed by atoms with Gasteiger partial charge in [0.25, 0.3) is 0 Å². The van der Waals surface area contributed by atoms with Crippen LogP contribution in [0.3, 0.4) is 0 Å². The second kappa shape index (κ2) is 7.01. The summed E-state index contributed by atoms with van der Waals surface area (Å²) in [6.45, 7) is 2.37. The van der Waals surface area contributed by atoms with Gasteiger partial charge in [-0.1, -0.05) is 48.5 Å². The van der Waals surface area contributed by atoms with Crippen LogP contribution in [0.1, 0.15) is 41.1 Å². The smallest absolute Gasteiger partial charge is 0.237 e. The second-order valence-corrected chi connectivity index (χ2v) is 7.34. The highest BCUT2D eigenvalue weighted by molar-refractivity contribution is 5.78. The molecule has 3 heteroatoms. The van der Waals surface area contributed by atoms with Gasteiger partial charge in [-0.3, -0.25) is 9.69 Å². The normalized spacial score (nSPS) is 19.8. The first kappa shape index (κ1) is 16.3. The molecule has 1 heterocycles. The van der Waals surface area contributed by atoms with Gasteiger partial charge in [-0.15, -0.1) is 0 Å². The van der Waals surface area contributed by atoms with E-state index >= 15 is 0 Å². The highest BCUT2D eigenvalue weighted by Crippen LogP contribution is 2.33. The number of carbonyl (C=O) groups is 1. The van der Waals surface area contributed by atoms with Crippen molar-refractivity contribution in [3.05, 3.63) is 70.8 Å². The van der Waals surface area contributed by atoms with E-state index in [9.17, 15) is 4.79 Å². The van der Waals surface area contributed by atoms with E-state index in [2.05, 4.69) is 53.4 Å². The maximum atomic E-state index is 12.9. The molecule has 0 bridgehead atoms. The molecule has 0 saturated heterocycles. The molecule has 0 unspecified atom stereocenters. The van der Waals surface area contributed by atoms with Gasteiger partial charge in [-0.2, -0.15) is 0 Å². The Morgan fingerprint density at radius 3 is 2.60 bits per heavy atom. The second-order valence-electron chi connectivity index (χ2n) is 7.34. The predicted molar refractivity (Wildman–Crippen MR) is 100 cm³/mol. The first-order chi connectivity index (χ1) is 12.2. The van der Waals surface area contributed by atoms with E-state index in [0.717, 1.165) is 38.8 Å². The van der Waals surface area contributed by atoms with Crippen LogP contribution in [0, 0.1) is 0 Å². The lowest BCUT2D eigenvalue weighted by Crippen LogP contribution is -2.42. The number of aryl methyl sites for hydroxylation is 1. The van der Waals surface area contributed by atoms with Gasteiger partial charge < -0.3 is 4.90 Å². The minimum Gasteiger partial charge on any atom is -0.338 e. The molecule has 1 amide bonds. The minimum atomic E-state index is 0.231. The quantitative estimate of drug-likeness (QED) is 0.856. The van der Waals surface area contributed by atoms with E-state index in [-0.39, 0.29) is 11.9 Å². The summed E-state index contributed by atoms with van der Waals surface area (Å²) in [7, 11) is 1.98. The maximum absolute atomic E-state index is 12.9. The van der Waals surface area contributed by atoms with Gasteiger partial charge in [0.05, 0.1) is 12.6 Å². The van der Waals surface area contributed by atoms with Crippen molar-refractivity contribution < 1.29 is 4.79 Å². The van der Waals surface area contributed by atoms with Crippen molar-refractivity contribution in [1.29, 1.82) is 0 Å². The summed E-state index contributed by atoms with van der Waals surface area (Å²) >= 11 is 0. The maximum Gasteiger partial charge on any atom is 0.237 e. The fourth-order valence-electron chi connectivity index (χ4n) is 4.30. The van der Waals surface area contributed by atoms with E-state index in [1.165, 1.54) is 22.3 Å². The molecule has 0 aromatic heterocycles. The Labute approximate surface area is 150 Å². The zero-order valence-corrected chi connectivity index (χ0v) is 14.9. The minimum absolute atomic E-state index is 0.231. The Morgan fingerprint density at radius 1 is 1.04 bits per heavy atom. The molecule has 2 aromatic rings. The van der Waals surface area contributed by atoms with Crippen molar-refractivity contribution in [2.24, 2.45) is 0 Å². The summed E-state index contributed by atoms with van der Waals surface area (Å²) < 4.78 is 0. The first-order valence-electron chi connectivity index (χ1n) is 9.35. The highest BCUT2D eigenvalue weighted by atomic mass is 16.2. The lowest BCUT2D eigenvalue weighted by atomic mass is 9.87. The molecule has 4 rings (SSSR count). The van der Waals surface area contributed by atoms with Gasteiger partial charge >= 0.3 is 0 Å². The van der Waals surface area contributed by atoms with Gasteiger partial charge in [0.15, 0.2) is 0 Å². The SMILES string of the molecule is CN(C(=O)CN1CCc2ccccc2C1)[C@H]1CCCc2ccccc21. The van der Waals surface area contributed by atoms with Crippen molar-refractivity contribution in [3.63, 3.8) is 0 Å². The molecule has 0 N–H and O–H groups in total. The Kier molecular flexibility index (Phi) is 4.58. The summed E-state index contributed by atoms with van der Waals surface area (Å²) in [5.41, 5.74) is 5.55. The molecule has 0 fully saturated rings. The topological polar surface area (TPSA) is 23.6 Å². The van der Waals surface area contributed by atoms with Crippen LogP contribution < -0.4 is 0 Å². The molecular formula is C22H26N2O. The first-order valence-corrected chi connectivity index (χ1v) is 9.35. The molecular weight excluding hydrogens is 308 g/mol. The lowest BCUT2D eigenvalue weighted by Gasteiger charge is -2.35. The average molecular weight is 334 g/mol. The number of rotatable bonds is 3.